The maximum absolute atomic E-state index is 13.7. The van der Waals surface area contributed by atoms with Gasteiger partial charge in [-0.25, -0.2) is 9.18 Å². The summed E-state index contributed by atoms with van der Waals surface area (Å²) in [6, 6.07) is 6.89. The number of esters is 1. The van der Waals surface area contributed by atoms with E-state index in [1.807, 2.05) is 0 Å². The van der Waals surface area contributed by atoms with Crippen LogP contribution in [0.3, 0.4) is 0 Å². The van der Waals surface area contributed by atoms with Crippen molar-refractivity contribution in [3.8, 4) is 5.75 Å². The van der Waals surface area contributed by atoms with Crippen LogP contribution in [0.4, 0.5) is 4.39 Å². The maximum atomic E-state index is 13.7. The van der Waals surface area contributed by atoms with E-state index in [0.717, 1.165) is 6.07 Å². The van der Waals surface area contributed by atoms with E-state index in [2.05, 4.69) is 4.74 Å². The number of carbonyl (C=O) groups is 2. The van der Waals surface area contributed by atoms with Crippen LogP contribution in [0.5, 0.6) is 5.75 Å². The fraction of sp³-hybridized carbons (Fsp3) is 0.200. The summed E-state index contributed by atoms with van der Waals surface area (Å²) in [6.45, 7) is 1.65. The second-order valence-corrected chi connectivity index (χ2v) is 4.26. The molecule has 2 rings (SSSR count). The third-order valence-corrected chi connectivity index (χ3v) is 2.81. The molecule has 0 spiro atoms. The molecule has 0 bridgehead atoms. The predicted molar refractivity (Wildman–Crippen MR) is 70.9 cm³/mol. The Morgan fingerprint density at radius 2 is 2.10 bits per heavy atom. The van der Waals surface area contributed by atoms with Gasteiger partial charge in [-0.05, 0) is 37.3 Å². The fourth-order valence-corrected chi connectivity index (χ4v) is 1.72. The van der Waals surface area contributed by atoms with Crippen molar-refractivity contribution >= 4 is 12.3 Å². The van der Waals surface area contributed by atoms with Crippen LogP contribution >= 0.6 is 0 Å². The average molecular weight is 292 g/mol. The van der Waals surface area contributed by atoms with Crippen molar-refractivity contribution in [3.05, 3.63) is 53.2 Å². The summed E-state index contributed by atoms with van der Waals surface area (Å²) < 4.78 is 28.9. The van der Waals surface area contributed by atoms with Crippen LogP contribution in [-0.2, 0) is 4.74 Å². The molecule has 6 heteroatoms. The Morgan fingerprint density at radius 1 is 1.33 bits per heavy atom. The van der Waals surface area contributed by atoms with Gasteiger partial charge >= 0.3 is 5.97 Å². The predicted octanol–water partition coefficient (Wildman–Crippen LogP) is 3.16. The first kappa shape index (κ1) is 14.8. The third-order valence-electron chi connectivity index (χ3n) is 2.81. The first-order valence-electron chi connectivity index (χ1n) is 6.14. The minimum atomic E-state index is -0.647. The number of aldehydes is 1. The molecular formula is C15H13FO5. The minimum absolute atomic E-state index is 0.0101. The van der Waals surface area contributed by atoms with Crippen molar-refractivity contribution in [1.82, 2.24) is 0 Å². The molecular weight excluding hydrogens is 279 g/mol. The maximum Gasteiger partial charge on any atom is 0.373 e. The van der Waals surface area contributed by atoms with Gasteiger partial charge < -0.3 is 13.9 Å². The van der Waals surface area contributed by atoms with E-state index in [4.69, 9.17) is 9.15 Å². The molecule has 0 radical (unpaired) electrons. The van der Waals surface area contributed by atoms with Gasteiger partial charge in [-0.1, -0.05) is 0 Å². The highest BCUT2D eigenvalue weighted by atomic mass is 19.1. The standard InChI is InChI=1S/C15H13FO5/c1-9(12-5-6-14(21-12)15(18)19-2)20-13-4-3-10(8-17)7-11(13)16/h3-9H,1-2H3. The van der Waals surface area contributed by atoms with Gasteiger partial charge in [0.25, 0.3) is 0 Å². The number of rotatable bonds is 5. The Bertz CT molecular complexity index is 662. The van der Waals surface area contributed by atoms with Crippen molar-refractivity contribution in [2.45, 2.75) is 13.0 Å². The molecule has 2 aromatic rings. The normalized spacial score (nSPS) is 11.8. The lowest BCUT2D eigenvalue weighted by Gasteiger charge is -2.13. The molecule has 0 N–H and O–H groups in total. The molecule has 0 aliphatic carbocycles. The molecule has 0 amide bonds. The summed E-state index contributed by atoms with van der Waals surface area (Å²) in [4.78, 5) is 21.8. The number of hydrogen-bond acceptors (Lipinski definition) is 5. The van der Waals surface area contributed by atoms with Crippen LogP contribution in [0.1, 0.15) is 39.7 Å². The largest absolute Gasteiger partial charge is 0.480 e. The molecule has 21 heavy (non-hydrogen) atoms. The SMILES string of the molecule is COC(=O)c1ccc(C(C)Oc2ccc(C=O)cc2F)o1. The van der Waals surface area contributed by atoms with Crippen LogP contribution in [0.15, 0.2) is 34.7 Å². The second-order valence-electron chi connectivity index (χ2n) is 4.26. The smallest absolute Gasteiger partial charge is 0.373 e. The molecule has 1 atom stereocenters. The Balaban J connectivity index is 2.14. The van der Waals surface area contributed by atoms with Crippen LogP contribution in [0.25, 0.3) is 0 Å². The topological polar surface area (TPSA) is 65.7 Å². The third kappa shape index (κ3) is 3.28. The summed E-state index contributed by atoms with van der Waals surface area (Å²) in [7, 11) is 1.24. The second kappa shape index (κ2) is 6.21. The quantitative estimate of drug-likeness (QED) is 0.625. The molecule has 110 valence electrons. The van der Waals surface area contributed by atoms with E-state index in [-0.39, 0.29) is 17.1 Å². The fourth-order valence-electron chi connectivity index (χ4n) is 1.72. The van der Waals surface area contributed by atoms with Crippen LogP contribution < -0.4 is 4.74 Å². The van der Waals surface area contributed by atoms with Crippen molar-refractivity contribution in [3.63, 3.8) is 0 Å². The number of hydrogen-bond donors (Lipinski definition) is 0. The van der Waals surface area contributed by atoms with E-state index < -0.39 is 17.9 Å². The summed E-state index contributed by atoms with van der Waals surface area (Å²) >= 11 is 0. The molecule has 0 fully saturated rings. The van der Waals surface area contributed by atoms with Crippen LogP contribution in [0.2, 0.25) is 0 Å². The minimum Gasteiger partial charge on any atom is -0.480 e. The number of furan rings is 1. The summed E-state index contributed by atoms with van der Waals surface area (Å²) in [6.07, 6.45) is -0.0640. The number of benzene rings is 1. The zero-order chi connectivity index (χ0) is 15.4. The lowest BCUT2D eigenvalue weighted by atomic mass is 10.2. The van der Waals surface area contributed by atoms with Crippen molar-refractivity contribution < 1.29 is 27.9 Å². The number of halogens is 1. The molecule has 1 unspecified atom stereocenters. The Kier molecular flexibility index (Phi) is 4.37. The van der Waals surface area contributed by atoms with Gasteiger partial charge in [0.2, 0.25) is 5.76 Å². The van der Waals surface area contributed by atoms with Gasteiger partial charge in [0.05, 0.1) is 7.11 Å². The average Bonchev–Trinajstić information content (AvgIpc) is 2.98. The van der Waals surface area contributed by atoms with Gasteiger partial charge in [-0.3, -0.25) is 4.79 Å². The molecule has 0 aliphatic rings. The highest BCUT2D eigenvalue weighted by Gasteiger charge is 2.17. The summed E-state index contributed by atoms with van der Waals surface area (Å²) in [5.41, 5.74) is 0.221. The van der Waals surface area contributed by atoms with Crippen LogP contribution in [-0.4, -0.2) is 19.4 Å². The molecule has 0 saturated heterocycles. The molecule has 0 aliphatic heterocycles. The molecule has 5 nitrogen and oxygen atoms in total. The Morgan fingerprint density at radius 3 is 2.71 bits per heavy atom. The van der Waals surface area contributed by atoms with Crippen molar-refractivity contribution in [2.24, 2.45) is 0 Å². The van der Waals surface area contributed by atoms with Gasteiger partial charge in [0, 0.05) is 5.56 Å². The zero-order valence-electron chi connectivity index (χ0n) is 11.5. The lowest BCUT2D eigenvalue weighted by Crippen LogP contribution is -2.04. The number of carbonyl (C=O) groups excluding carboxylic acids is 2. The lowest BCUT2D eigenvalue weighted by molar-refractivity contribution is 0.0558. The summed E-state index contributed by atoms with van der Waals surface area (Å²) in [5.74, 6) is -0.862. The van der Waals surface area contributed by atoms with Crippen molar-refractivity contribution in [2.75, 3.05) is 7.11 Å². The highest BCUT2D eigenvalue weighted by molar-refractivity contribution is 5.86. The first-order chi connectivity index (χ1) is 10.0. The Hall–Kier alpha value is -2.63. The molecule has 1 aromatic heterocycles. The van der Waals surface area contributed by atoms with Crippen molar-refractivity contribution in [1.29, 1.82) is 0 Å². The number of ether oxygens (including phenoxy) is 2. The molecule has 0 saturated carbocycles. The van der Waals surface area contributed by atoms with Gasteiger partial charge in [-0.15, -0.1) is 0 Å². The van der Waals surface area contributed by atoms with Gasteiger partial charge in [0.15, 0.2) is 17.7 Å². The zero-order valence-corrected chi connectivity index (χ0v) is 11.5. The Labute approximate surface area is 120 Å². The van der Waals surface area contributed by atoms with Gasteiger partial charge in [0.1, 0.15) is 12.0 Å². The van der Waals surface area contributed by atoms with Crippen LogP contribution in [0, 0.1) is 5.82 Å². The first-order valence-corrected chi connectivity index (χ1v) is 6.14. The monoisotopic (exact) mass is 292 g/mol. The van der Waals surface area contributed by atoms with E-state index >= 15 is 0 Å². The molecule has 1 heterocycles. The number of methoxy groups -OCH3 is 1. The van der Waals surface area contributed by atoms with E-state index in [9.17, 15) is 14.0 Å². The molecule has 1 aromatic carbocycles. The van der Waals surface area contributed by atoms with E-state index in [1.165, 1.54) is 25.3 Å². The van der Waals surface area contributed by atoms with Gasteiger partial charge in [-0.2, -0.15) is 0 Å². The highest BCUT2D eigenvalue weighted by Crippen LogP contribution is 2.26. The summed E-state index contributed by atoms with van der Waals surface area (Å²) in [5, 5.41) is 0. The van der Waals surface area contributed by atoms with E-state index in [1.54, 1.807) is 13.0 Å². The van der Waals surface area contributed by atoms with E-state index in [0.29, 0.717) is 12.0 Å².